The Morgan fingerprint density at radius 2 is 1.96 bits per heavy atom. The number of nitrogens with one attached hydrogen (secondary N) is 1. The summed E-state index contributed by atoms with van der Waals surface area (Å²) < 4.78 is 1.50. The van der Waals surface area contributed by atoms with Crippen molar-refractivity contribution >= 4 is 44.9 Å². The second kappa shape index (κ2) is 6.03. The SMILES string of the molecule is O=c1c2cc(Cl)ccc2nc(Nc2nncs2)n1-c1ccccc1. The van der Waals surface area contributed by atoms with E-state index in [4.69, 9.17) is 11.6 Å². The highest BCUT2D eigenvalue weighted by atomic mass is 35.5. The van der Waals surface area contributed by atoms with Gasteiger partial charge >= 0.3 is 0 Å². The Morgan fingerprint density at radius 3 is 2.71 bits per heavy atom. The lowest BCUT2D eigenvalue weighted by Gasteiger charge is -2.13. The van der Waals surface area contributed by atoms with Crippen molar-refractivity contribution in [2.75, 3.05) is 5.32 Å². The summed E-state index contributed by atoms with van der Waals surface area (Å²) >= 11 is 7.36. The Labute approximate surface area is 145 Å². The van der Waals surface area contributed by atoms with Gasteiger partial charge in [-0.2, -0.15) is 0 Å². The van der Waals surface area contributed by atoms with E-state index in [0.717, 1.165) is 0 Å². The molecule has 0 aliphatic carbocycles. The smallest absolute Gasteiger partial charge is 0.267 e. The van der Waals surface area contributed by atoms with Crippen LogP contribution < -0.4 is 10.9 Å². The first kappa shape index (κ1) is 14.8. The first-order valence-electron chi connectivity index (χ1n) is 7.03. The number of hydrogen-bond acceptors (Lipinski definition) is 6. The number of halogens is 1. The number of nitrogens with zero attached hydrogens (tertiary/aromatic N) is 4. The highest BCUT2D eigenvalue weighted by Gasteiger charge is 2.14. The van der Waals surface area contributed by atoms with Crippen molar-refractivity contribution in [1.82, 2.24) is 19.7 Å². The van der Waals surface area contributed by atoms with Crippen LogP contribution in [0.5, 0.6) is 0 Å². The minimum atomic E-state index is -0.208. The van der Waals surface area contributed by atoms with Crippen LogP contribution in [0.15, 0.2) is 58.8 Å². The maximum atomic E-state index is 13.0. The predicted molar refractivity (Wildman–Crippen MR) is 95.5 cm³/mol. The molecule has 1 N–H and O–H groups in total. The van der Waals surface area contributed by atoms with Crippen LogP contribution in [0, 0.1) is 0 Å². The minimum absolute atomic E-state index is 0.208. The monoisotopic (exact) mass is 355 g/mol. The molecule has 4 rings (SSSR count). The molecule has 118 valence electrons. The van der Waals surface area contributed by atoms with Crippen molar-refractivity contribution < 1.29 is 0 Å². The molecule has 0 unspecified atom stereocenters. The van der Waals surface area contributed by atoms with E-state index in [1.54, 1.807) is 23.7 Å². The van der Waals surface area contributed by atoms with Crippen molar-refractivity contribution in [3.63, 3.8) is 0 Å². The minimum Gasteiger partial charge on any atom is -0.300 e. The molecular weight excluding hydrogens is 346 g/mol. The van der Waals surface area contributed by atoms with Crippen LogP contribution in [0.4, 0.5) is 11.1 Å². The van der Waals surface area contributed by atoms with E-state index in [1.165, 1.54) is 15.9 Å². The molecule has 4 aromatic rings. The highest BCUT2D eigenvalue weighted by molar-refractivity contribution is 7.13. The number of benzene rings is 2. The summed E-state index contributed by atoms with van der Waals surface area (Å²) in [6, 6.07) is 14.3. The summed E-state index contributed by atoms with van der Waals surface area (Å²) in [5.74, 6) is 0.373. The molecule has 0 saturated heterocycles. The fraction of sp³-hybridized carbons (Fsp3) is 0. The summed E-state index contributed by atoms with van der Waals surface area (Å²) in [6.45, 7) is 0. The normalized spacial score (nSPS) is 10.9. The standard InChI is InChI=1S/C16H10ClN5OS/c17-10-6-7-13-12(8-10)14(23)22(11-4-2-1-3-5-11)15(19-13)20-16-21-18-9-24-16/h1-9H,(H,19,20,21). The summed E-state index contributed by atoms with van der Waals surface area (Å²) in [5, 5.41) is 12.3. The molecule has 0 spiro atoms. The Balaban J connectivity index is 2.01. The van der Waals surface area contributed by atoms with Gasteiger partial charge in [-0.1, -0.05) is 41.1 Å². The lowest BCUT2D eigenvalue weighted by Crippen LogP contribution is -2.22. The average molecular weight is 356 g/mol. The Morgan fingerprint density at radius 1 is 1.12 bits per heavy atom. The van der Waals surface area contributed by atoms with Crippen LogP contribution in [-0.4, -0.2) is 19.7 Å². The van der Waals surface area contributed by atoms with Gasteiger partial charge in [-0.3, -0.25) is 10.1 Å². The molecule has 0 bridgehead atoms. The third kappa shape index (κ3) is 2.64. The second-order valence-electron chi connectivity index (χ2n) is 4.94. The van der Waals surface area contributed by atoms with Gasteiger partial charge in [0.1, 0.15) is 5.51 Å². The van der Waals surface area contributed by atoms with Gasteiger partial charge in [0.2, 0.25) is 11.1 Å². The van der Waals surface area contributed by atoms with Crippen molar-refractivity contribution in [2.45, 2.75) is 0 Å². The molecule has 0 aliphatic rings. The van der Waals surface area contributed by atoms with E-state index >= 15 is 0 Å². The van der Waals surface area contributed by atoms with Crippen LogP contribution >= 0.6 is 22.9 Å². The van der Waals surface area contributed by atoms with E-state index in [1.807, 2.05) is 30.3 Å². The maximum absolute atomic E-state index is 13.0. The lowest BCUT2D eigenvalue weighted by atomic mass is 10.2. The predicted octanol–water partition coefficient (Wildman–Crippen LogP) is 3.63. The van der Waals surface area contributed by atoms with E-state index in [-0.39, 0.29) is 5.56 Å². The molecule has 0 saturated carbocycles. The van der Waals surface area contributed by atoms with Gasteiger partial charge in [0.25, 0.3) is 5.56 Å². The average Bonchev–Trinajstić information content (AvgIpc) is 3.10. The summed E-state index contributed by atoms with van der Waals surface area (Å²) in [6.07, 6.45) is 0. The zero-order valence-electron chi connectivity index (χ0n) is 12.2. The van der Waals surface area contributed by atoms with Crippen LogP contribution in [0.1, 0.15) is 0 Å². The number of para-hydroxylation sites is 1. The van der Waals surface area contributed by atoms with Crippen LogP contribution in [-0.2, 0) is 0 Å². The third-order valence-corrected chi connectivity index (χ3v) is 4.27. The summed E-state index contributed by atoms with van der Waals surface area (Å²) in [5.41, 5.74) is 2.65. The molecule has 0 atom stereocenters. The number of anilines is 2. The van der Waals surface area contributed by atoms with Gasteiger partial charge in [-0.15, -0.1) is 10.2 Å². The Hall–Kier alpha value is -2.77. The number of rotatable bonds is 3. The van der Waals surface area contributed by atoms with E-state index in [9.17, 15) is 4.79 Å². The topological polar surface area (TPSA) is 72.7 Å². The third-order valence-electron chi connectivity index (χ3n) is 3.42. The van der Waals surface area contributed by atoms with Crippen molar-refractivity contribution in [3.8, 4) is 5.69 Å². The number of aromatic nitrogens is 4. The molecule has 2 aromatic carbocycles. The van der Waals surface area contributed by atoms with E-state index < -0.39 is 0 Å². The molecular formula is C16H10ClN5OS. The Bertz CT molecular complexity index is 1060. The quantitative estimate of drug-likeness (QED) is 0.607. The molecule has 6 nitrogen and oxygen atoms in total. The van der Waals surface area contributed by atoms with Gasteiger partial charge in [0.15, 0.2) is 0 Å². The fourth-order valence-electron chi connectivity index (χ4n) is 2.38. The van der Waals surface area contributed by atoms with Gasteiger partial charge in [-0.25, -0.2) is 9.55 Å². The van der Waals surface area contributed by atoms with Crippen LogP contribution in [0.25, 0.3) is 16.6 Å². The molecule has 2 aromatic heterocycles. The van der Waals surface area contributed by atoms with Gasteiger partial charge in [0, 0.05) is 5.02 Å². The second-order valence-corrected chi connectivity index (χ2v) is 6.21. The van der Waals surface area contributed by atoms with Gasteiger partial charge in [0.05, 0.1) is 16.6 Å². The van der Waals surface area contributed by atoms with E-state index in [0.29, 0.717) is 32.7 Å². The van der Waals surface area contributed by atoms with Gasteiger partial charge < -0.3 is 0 Å². The number of hydrogen-bond donors (Lipinski definition) is 1. The van der Waals surface area contributed by atoms with Crippen LogP contribution in [0.2, 0.25) is 5.02 Å². The zero-order valence-corrected chi connectivity index (χ0v) is 13.8. The summed E-state index contributed by atoms with van der Waals surface area (Å²) in [7, 11) is 0. The molecule has 2 heterocycles. The Kier molecular flexibility index (Phi) is 3.72. The molecule has 0 radical (unpaired) electrons. The maximum Gasteiger partial charge on any atom is 0.267 e. The largest absolute Gasteiger partial charge is 0.300 e. The van der Waals surface area contributed by atoms with Crippen molar-refractivity contribution in [1.29, 1.82) is 0 Å². The molecule has 0 amide bonds. The summed E-state index contributed by atoms with van der Waals surface area (Å²) in [4.78, 5) is 17.6. The lowest BCUT2D eigenvalue weighted by molar-refractivity contribution is 0.968. The molecule has 8 heteroatoms. The molecule has 0 fully saturated rings. The van der Waals surface area contributed by atoms with Gasteiger partial charge in [-0.05, 0) is 30.3 Å². The number of fused-ring (bicyclic) bond motifs is 1. The van der Waals surface area contributed by atoms with Crippen LogP contribution in [0.3, 0.4) is 0 Å². The molecule has 0 aliphatic heterocycles. The zero-order chi connectivity index (χ0) is 16.5. The molecule has 24 heavy (non-hydrogen) atoms. The van der Waals surface area contributed by atoms with Crippen molar-refractivity contribution in [3.05, 3.63) is 69.4 Å². The fourth-order valence-corrected chi connectivity index (χ4v) is 2.99. The van der Waals surface area contributed by atoms with E-state index in [2.05, 4.69) is 20.5 Å². The first-order chi connectivity index (χ1) is 11.7. The van der Waals surface area contributed by atoms with Crippen molar-refractivity contribution in [2.24, 2.45) is 0 Å². The first-order valence-corrected chi connectivity index (χ1v) is 8.29. The highest BCUT2D eigenvalue weighted by Crippen LogP contribution is 2.22.